The maximum absolute atomic E-state index is 13.3. The monoisotopic (exact) mass is 365 g/mol. The van der Waals surface area contributed by atoms with E-state index in [1.165, 1.54) is 17.4 Å². The minimum atomic E-state index is -1.04. The number of carbonyl (C=O) groups excluding carboxylic acids is 2. The molecule has 0 aliphatic carbocycles. The van der Waals surface area contributed by atoms with Crippen molar-refractivity contribution < 1.29 is 18.4 Å². The minimum Gasteiger partial charge on any atom is -0.339 e. The van der Waals surface area contributed by atoms with Crippen molar-refractivity contribution in [3.63, 3.8) is 0 Å². The lowest BCUT2D eigenvalue weighted by Crippen LogP contribution is -2.51. The second kappa shape index (κ2) is 7.26. The molecule has 1 aliphatic heterocycles. The number of aromatic nitrogens is 1. The first kappa shape index (κ1) is 17.5. The molecule has 0 spiro atoms. The highest BCUT2D eigenvalue weighted by Gasteiger charge is 2.25. The van der Waals surface area contributed by atoms with Gasteiger partial charge in [0, 0.05) is 37.1 Å². The van der Waals surface area contributed by atoms with Crippen molar-refractivity contribution in [3.05, 3.63) is 51.5 Å². The van der Waals surface area contributed by atoms with Crippen LogP contribution in [0, 0.1) is 18.6 Å². The van der Waals surface area contributed by atoms with Gasteiger partial charge in [-0.1, -0.05) is 0 Å². The summed E-state index contributed by atoms with van der Waals surface area (Å²) in [5.41, 5.74) is 0.865. The molecule has 3 rings (SSSR count). The first-order valence-electron chi connectivity index (χ1n) is 7.87. The summed E-state index contributed by atoms with van der Waals surface area (Å²) in [6.07, 6.45) is 0.251. The van der Waals surface area contributed by atoms with Gasteiger partial charge in [0.25, 0.3) is 5.91 Å². The Morgan fingerprint density at radius 2 is 1.80 bits per heavy atom. The molecule has 2 heterocycles. The summed E-state index contributed by atoms with van der Waals surface area (Å²) < 4.78 is 26.3. The lowest BCUT2D eigenvalue weighted by atomic mass is 10.1. The molecule has 8 heteroatoms. The number of piperazine rings is 1. The Hall–Kier alpha value is -2.35. The maximum atomic E-state index is 13.3. The van der Waals surface area contributed by atoms with Gasteiger partial charge in [0.2, 0.25) is 5.91 Å². The van der Waals surface area contributed by atoms with Crippen molar-refractivity contribution in [3.8, 4) is 0 Å². The van der Waals surface area contributed by atoms with E-state index in [0.717, 1.165) is 22.8 Å². The van der Waals surface area contributed by atoms with Crippen LogP contribution < -0.4 is 0 Å². The lowest BCUT2D eigenvalue weighted by molar-refractivity contribution is -0.132. The zero-order chi connectivity index (χ0) is 18.0. The van der Waals surface area contributed by atoms with Crippen LogP contribution >= 0.6 is 11.3 Å². The van der Waals surface area contributed by atoms with Gasteiger partial charge in [-0.3, -0.25) is 9.59 Å². The summed E-state index contributed by atoms with van der Waals surface area (Å²) in [6, 6.07) is 3.11. The molecule has 0 atom stereocenters. The van der Waals surface area contributed by atoms with E-state index >= 15 is 0 Å². The number of nitrogens with zero attached hydrogens (tertiary/aromatic N) is 3. The Morgan fingerprint density at radius 1 is 1.12 bits per heavy atom. The molecule has 132 valence electrons. The summed E-state index contributed by atoms with van der Waals surface area (Å²) in [5.74, 6) is -2.41. The van der Waals surface area contributed by atoms with Gasteiger partial charge in [0.05, 0.1) is 17.1 Å². The van der Waals surface area contributed by atoms with Crippen molar-refractivity contribution >= 4 is 23.2 Å². The summed E-state index contributed by atoms with van der Waals surface area (Å²) in [6.45, 7) is 3.44. The smallest absolute Gasteiger partial charge is 0.254 e. The Morgan fingerprint density at radius 3 is 2.40 bits per heavy atom. The van der Waals surface area contributed by atoms with Crippen molar-refractivity contribution in [2.75, 3.05) is 26.2 Å². The molecule has 0 bridgehead atoms. The number of rotatable bonds is 3. The summed E-state index contributed by atoms with van der Waals surface area (Å²) >= 11 is 1.51. The standard InChI is InChI=1S/C17H17F2N3O2S/c1-11-20-13(10-25-11)9-16(23)21-4-6-22(7-5-21)17(24)12-2-3-14(18)15(19)8-12/h2-3,8,10H,4-7,9H2,1H3. The van der Waals surface area contributed by atoms with Crippen LogP contribution in [-0.2, 0) is 11.2 Å². The molecule has 1 aliphatic rings. The topological polar surface area (TPSA) is 53.5 Å². The van der Waals surface area contributed by atoms with Crippen LogP contribution in [0.5, 0.6) is 0 Å². The van der Waals surface area contributed by atoms with Crippen LogP contribution in [0.2, 0.25) is 0 Å². The largest absolute Gasteiger partial charge is 0.339 e. The number of halogens is 2. The average Bonchev–Trinajstić information content (AvgIpc) is 3.01. The van der Waals surface area contributed by atoms with Crippen LogP contribution in [-0.4, -0.2) is 52.8 Å². The Bertz CT molecular complexity index is 801. The van der Waals surface area contributed by atoms with E-state index in [4.69, 9.17) is 0 Å². The van der Waals surface area contributed by atoms with E-state index in [1.807, 2.05) is 12.3 Å². The third-order valence-electron chi connectivity index (χ3n) is 4.09. The number of benzene rings is 1. The van der Waals surface area contributed by atoms with Gasteiger partial charge in [-0.2, -0.15) is 0 Å². The van der Waals surface area contributed by atoms with E-state index in [9.17, 15) is 18.4 Å². The third kappa shape index (κ3) is 4.01. The fourth-order valence-electron chi connectivity index (χ4n) is 2.73. The number of carbonyl (C=O) groups is 2. The molecule has 5 nitrogen and oxygen atoms in total. The predicted octanol–water partition coefficient (Wildman–Crippen LogP) is 2.26. The van der Waals surface area contributed by atoms with Gasteiger partial charge in [-0.25, -0.2) is 13.8 Å². The molecular formula is C17H17F2N3O2S. The van der Waals surface area contributed by atoms with Gasteiger partial charge in [-0.05, 0) is 25.1 Å². The maximum Gasteiger partial charge on any atom is 0.254 e. The van der Waals surface area contributed by atoms with Gasteiger partial charge in [0.1, 0.15) is 0 Å². The van der Waals surface area contributed by atoms with Crippen LogP contribution in [0.1, 0.15) is 21.1 Å². The molecule has 1 aromatic carbocycles. The Kier molecular flexibility index (Phi) is 5.08. The fraction of sp³-hybridized carbons (Fsp3) is 0.353. The zero-order valence-electron chi connectivity index (χ0n) is 13.7. The number of aryl methyl sites for hydroxylation is 1. The molecule has 25 heavy (non-hydrogen) atoms. The first-order chi connectivity index (χ1) is 11.9. The number of thiazole rings is 1. The second-order valence-corrected chi connectivity index (χ2v) is 6.90. The molecule has 1 aromatic heterocycles. The van der Waals surface area contributed by atoms with Gasteiger partial charge in [0.15, 0.2) is 11.6 Å². The average molecular weight is 365 g/mol. The van der Waals surface area contributed by atoms with Crippen LogP contribution in [0.3, 0.4) is 0 Å². The summed E-state index contributed by atoms with van der Waals surface area (Å²) in [7, 11) is 0. The molecule has 1 fully saturated rings. The van der Waals surface area contributed by atoms with Crippen LogP contribution in [0.4, 0.5) is 8.78 Å². The summed E-state index contributed by atoms with van der Waals surface area (Å²) in [5, 5.41) is 2.79. The van der Waals surface area contributed by atoms with Crippen LogP contribution in [0.15, 0.2) is 23.6 Å². The van der Waals surface area contributed by atoms with E-state index in [2.05, 4.69) is 4.98 Å². The first-order valence-corrected chi connectivity index (χ1v) is 8.75. The van der Waals surface area contributed by atoms with E-state index in [-0.39, 0.29) is 23.8 Å². The molecule has 1 saturated heterocycles. The number of hydrogen-bond acceptors (Lipinski definition) is 4. The number of hydrogen-bond donors (Lipinski definition) is 0. The van der Waals surface area contributed by atoms with Gasteiger partial charge in [-0.15, -0.1) is 11.3 Å². The Labute approximate surface area is 147 Å². The van der Waals surface area contributed by atoms with Crippen LogP contribution in [0.25, 0.3) is 0 Å². The number of amides is 2. The highest BCUT2D eigenvalue weighted by atomic mass is 32.1. The van der Waals surface area contributed by atoms with E-state index < -0.39 is 11.6 Å². The Balaban J connectivity index is 1.56. The highest BCUT2D eigenvalue weighted by Crippen LogP contribution is 2.14. The molecule has 2 amide bonds. The molecule has 0 unspecified atom stereocenters. The molecule has 0 N–H and O–H groups in total. The van der Waals surface area contributed by atoms with E-state index in [1.54, 1.807) is 9.80 Å². The third-order valence-corrected chi connectivity index (χ3v) is 4.91. The van der Waals surface area contributed by atoms with Crippen molar-refractivity contribution in [2.24, 2.45) is 0 Å². The van der Waals surface area contributed by atoms with Crippen molar-refractivity contribution in [1.29, 1.82) is 0 Å². The highest BCUT2D eigenvalue weighted by molar-refractivity contribution is 7.09. The van der Waals surface area contributed by atoms with Gasteiger partial charge >= 0.3 is 0 Å². The predicted molar refractivity (Wildman–Crippen MR) is 89.4 cm³/mol. The molecule has 0 saturated carbocycles. The quantitative estimate of drug-likeness (QED) is 0.838. The van der Waals surface area contributed by atoms with Crippen molar-refractivity contribution in [1.82, 2.24) is 14.8 Å². The van der Waals surface area contributed by atoms with Gasteiger partial charge < -0.3 is 9.80 Å². The normalized spacial score (nSPS) is 14.7. The molecule has 2 aromatic rings. The SMILES string of the molecule is Cc1nc(CC(=O)N2CCN(C(=O)c3ccc(F)c(F)c3)CC2)cs1. The fourth-order valence-corrected chi connectivity index (χ4v) is 3.34. The van der Waals surface area contributed by atoms with E-state index in [0.29, 0.717) is 26.2 Å². The lowest BCUT2D eigenvalue weighted by Gasteiger charge is -2.34. The zero-order valence-corrected chi connectivity index (χ0v) is 14.5. The molecular weight excluding hydrogens is 348 g/mol. The second-order valence-electron chi connectivity index (χ2n) is 5.84. The summed E-state index contributed by atoms with van der Waals surface area (Å²) in [4.78, 5) is 32.2. The minimum absolute atomic E-state index is 0.0229. The van der Waals surface area contributed by atoms with Crippen molar-refractivity contribution in [2.45, 2.75) is 13.3 Å². The molecule has 0 radical (unpaired) electrons.